The van der Waals surface area contributed by atoms with Gasteiger partial charge in [-0.1, -0.05) is 0 Å². The standard InChI is InChI=1S/C14H25N3O/c1-11-8-17(10-13(2,3)18-11)12-5-6-14(7-12,9-15)16-4/h11-12,16H,5-8,10H2,1-4H3. The summed E-state index contributed by atoms with van der Waals surface area (Å²) in [5.74, 6) is 0. The van der Waals surface area contributed by atoms with E-state index in [-0.39, 0.29) is 17.2 Å². The van der Waals surface area contributed by atoms with Crippen molar-refractivity contribution in [2.75, 3.05) is 20.1 Å². The summed E-state index contributed by atoms with van der Waals surface area (Å²) in [7, 11) is 1.90. The zero-order valence-electron chi connectivity index (χ0n) is 12.0. The molecule has 1 saturated carbocycles. The van der Waals surface area contributed by atoms with Gasteiger partial charge in [-0.3, -0.25) is 4.90 Å². The van der Waals surface area contributed by atoms with Crippen LogP contribution in [0.5, 0.6) is 0 Å². The minimum atomic E-state index is -0.309. The fourth-order valence-electron chi connectivity index (χ4n) is 3.50. The van der Waals surface area contributed by atoms with Crippen molar-refractivity contribution in [2.45, 2.75) is 63.3 Å². The normalized spacial score (nSPS) is 40.6. The lowest BCUT2D eigenvalue weighted by Crippen LogP contribution is -2.55. The fourth-order valence-corrected chi connectivity index (χ4v) is 3.50. The molecule has 1 N–H and O–H groups in total. The molecule has 1 saturated heterocycles. The number of ether oxygens (including phenoxy) is 1. The Morgan fingerprint density at radius 2 is 2.17 bits per heavy atom. The Hall–Kier alpha value is -0.630. The molecule has 2 aliphatic rings. The zero-order valence-corrected chi connectivity index (χ0v) is 12.0. The second-order valence-electron chi connectivity index (χ2n) is 6.46. The first-order chi connectivity index (χ1) is 8.40. The van der Waals surface area contributed by atoms with Crippen molar-refractivity contribution in [1.82, 2.24) is 10.2 Å². The summed E-state index contributed by atoms with van der Waals surface area (Å²) >= 11 is 0. The van der Waals surface area contributed by atoms with Crippen molar-refractivity contribution in [2.24, 2.45) is 0 Å². The van der Waals surface area contributed by atoms with Crippen molar-refractivity contribution in [3.05, 3.63) is 0 Å². The van der Waals surface area contributed by atoms with E-state index >= 15 is 0 Å². The van der Waals surface area contributed by atoms with E-state index in [1.165, 1.54) is 0 Å². The molecule has 0 spiro atoms. The average molecular weight is 251 g/mol. The van der Waals surface area contributed by atoms with E-state index in [0.717, 1.165) is 32.4 Å². The van der Waals surface area contributed by atoms with Gasteiger partial charge in [0.1, 0.15) is 5.54 Å². The summed E-state index contributed by atoms with van der Waals surface area (Å²) in [6.07, 6.45) is 3.28. The van der Waals surface area contributed by atoms with E-state index in [4.69, 9.17) is 4.74 Å². The van der Waals surface area contributed by atoms with Gasteiger partial charge >= 0.3 is 0 Å². The van der Waals surface area contributed by atoms with Gasteiger partial charge in [0, 0.05) is 19.1 Å². The molecular weight excluding hydrogens is 226 g/mol. The molecule has 3 unspecified atom stereocenters. The van der Waals surface area contributed by atoms with Crippen LogP contribution in [-0.4, -0.2) is 48.3 Å². The second-order valence-corrected chi connectivity index (χ2v) is 6.46. The second kappa shape index (κ2) is 4.80. The molecule has 1 aliphatic carbocycles. The molecule has 4 heteroatoms. The van der Waals surface area contributed by atoms with Crippen LogP contribution < -0.4 is 5.32 Å². The molecule has 0 amide bonds. The van der Waals surface area contributed by atoms with Gasteiger partial charge in [0.15, 0.2) is 0 Å². The first-order valence-electron chi connectivity index (χ1n) is 6.92. The lowest BCUT2D eigenvalue weighted by atomic mass is 9.98. The highest BCUT2D eigenvalue weighted by Crippen LogP contribution is 2.35. The van der Waals surface area contributed by atoms with Crippen molar-refractivity contribution >= 4 is 0 Å². The van der Waals surface area contributed by atoms with Gasteiger partial charge in [0.25, 0.3) is 0 Å². The predicted octanol–water partition coefficient (Wildman–Crippen LogP) is 1.52. The molecule has 0 bridgehead atoms. The smallest absolute Gasteiger partial charge is 0.108 e. The van der Waals surface area contributed by atoms with E-state index < -0.39 is 0 Å². The Balaban J connectivity index is 2.03. The van der Waals surface area contributed by atoms with E-state index in [9.17, 15) is 5.26 Å². The topological polar surface area (TPSA) is 48.3 Å². The quantitative estimate of drug-likeness (QED) is 0.808. The lowest BCUT2D eigenvalue weighted by Gasteiger charge is -2.44. The van der Waals surface area contributed by atoms with Crippen molar-refractivity contribution < 1.29 is 4.74 Å². The molecule has 0 radical (unpaired) electrons. The number of nitrogens with one attached hydrogen (secondary N) is 1. The Morgan fingerprint density at radius 1 is 1.44 bits per heavy atom. The third kappa shape index (κ3) is 2.69. The van der Waals surface area contributed by atoms with Crippen LogP contribution in [0.2, 0.25) is 0 Å². The third-order valence-corrected chi connectivity index (χ3v) is 4.29. The van der Waals surface area contributed by atoms with E-state index in [1.54, 1.807) is 0 Å². The van der Waals surface area contributed by atoms with Crippen LogP contribution in [0.1, 0.15) is 40.0 Å². The molecule has 1 aliphatic heterocycles. The molecule has 18 heavy (non-hydrogen) atoms. The summed E-state index contributed by atoms with van der Waals surface area (Å²) in [5.41, 5.74) is -0.383. The minimum Gasteiger partial charge on any atom is -0.370 e. The summed E-state index contributed by atoms with van der Waals surface area (Å²) in [6, 6.07) is 2.98. The highest BCUT2D eigenvalue weighted by Gasteiger charge is 2.43. The Bertz CT molecular complexity index is 349. The number of rotatable bonds is 2. The van der Waals surface area contributed by atoms with Crippen LogP contribution in [0.3, 0.4) is 0 Å². The number of nitrogens with zero attached hydrogens (tertiary/aromatic N) is 2. The van der Waals surface area contributed by atoms with Gasteiger partial charge in [0.05, 0.1) is 17.8 Å². The van der Waals surface area contributed by atoms with Crippen LogP contribution in [0.15, 0.2) is 0 Å². The highest BCUT2D eigenvalue weighted by atomic mass is 16.5. The Kier molecular flexibility index (Phi) is 3.68. The molecular formula is C14H25N3O. The number of hydrogen-bond acceptors (Lipinski definition) is 4. The monoisotopic (exact) mass is 251 g/mol. The van der Waals surface area contributed by atoms with Gasteiger partial charge < -0.3 is 10.1 Å². The number of morpholine rings is 1. The molecule has 0 aromatic heterocycles. The highest BCUT2D eigenvalue weighted by molar-refractivity contribution is 5.13. The lowest BCUT2D eigenvalue weighted by molar-refractivity contribution is -0.137. The van der Waals surface area contributed by atoms with Crippen molar-refractivity contribution in [3.63, 3.8) is 0 Å². The maximum absolute atomic E-state index is 9.33. The third-order valence-electron chi connectivity index (χ3n) is 4.29. The zero-order chi connectivity index (χ0) is 13.4. The van der Waals surface area contributed by atoms with Gasteiger partial charge in [0.2, 0.25) is 0 Å². The summed E-state index contributed by atoms with van der Waals surface area (Å²) in [4.78, 5) is 2.52. The largest absolute Gasteiger partial charge is 0.370 e. The molecule has 4 nitrogen and oxygen atoms in total. The predicted molar refractivity (Wildman–Crippen MR) is 71.2 cm³/mol. The molecule has 2 rings (SSSR count). The SMILES string of the molecule is CNC1(C#N)CCC(N2CC(C)OC(C)(C)C2)C1. The van der Waals surface area contributed by atoms with Gasteiger partial charge in [-0.15, -0.1) is 0 Å². The molecule has 102 valence electrons. The first kappa shape index (κ1) is 13.8. The average Bonchev–Trinajstić information content (AvgIpc) is 2.71. The maximum atomic E-state index is 9.33. The molecule has 0 aromatic rings. The van der Waals surface area contributed by atoms with E-state index in [0.29, 0.717) is 6.04 Å². The molecule has 3 atom stereocenters. The summed E-state index contributed by atoms with van der Waals surface area (Å²) in [5, 5.41) is 12.5. The fraction of sp³-hybridized carbons (Fsp3) is 0.929. The van der Waals surface area contributed by atoms with Crippen LogP contribution in [-0.2, 0) is 4.74 Å². The van der Waals surface area contributed by atoms with Crippen LogP contribution >= 0.6 is 0 Å². The molecule has 1 heterocycles. The van der Waals surface area contributed by atoms with Crippen LogP contribution in [0.4, 0.5) is 0 Å². The van der Waals surface area contributed by atoms with E-state index in [2.05, 4.69) is 37.1 Å². The van der Waals surface area contributed by atoms with E-state index in [1.807, 2.05) is 7.05 Å². The molecule has 0 aromatic carbocycles. The summed E-state index contributed by atoms with van der Waals surface area (Å²) in [6.45, 7) is 8.39. The van der Waals surface area contributed by atoms with Gasteiger partial charge in [-0.2, -0.15) is 5.26 Å². The van der Waals surface area contributed by atoms with Gasteiger partial charge in [-0.05, 0) is 47.1 Å². The van der Waals surface area contributed by atoms with Crippen molar-refractivity contribution in [3.8, 4) is 6.07 Å². The Labute approximate surface area is 110 Å². The number of hydrogen-bond donors (Lipinski definition) is 1. The first-order valence-corrected chi connectivity index (χ1v) is 6.92. The van der Waals surface area contributed by atoms with Crippen molar-refractivity contribution in [1.29, 1.82) is 5.26 Å². The Morgan fingerprint density at radius 3 is 2.67 bits per heavy atom. The van der Waals surface area contributed by atoms with Crippen LogP contribution in [0, 0.1) is 11.3 Å². The maximum Gasteiger partial charge on any atom is 0.108 e. The van der Waals surface area contributed by atoms with Gasteiger partial charge in [-0.25, -0.2) is 0 Å². The minimum absolute atomic E-state index is 0.0742. The van der Waals surface area contributed by atoms with Crippen LogP contribution in [0.25, 0.3) is 0 Å². The summed E-state index contributed by atoms with van der Waals surface area (Å²) < 4.78 is 5.95. The molecule has 2 fully saturated rings. The number of nitriles is 1.